The minimum absolute atomic E-state index is 0.0257. The third kappa shape index (κ3) is 4.31. The van der Waals surface area contributed by atoms with Crippen LogP contribution in [0.15, 0.2) is 48.5 Å². The standard InChI is InChI=1S/C23H27N5O2/c1-15-4-2-5-16-12-20(27-22(15)16)23(30)26-18-6-3-7-19(13-18)28-10-8-17(9-11-28)25-21(29)14-24/h2-7,12-13,17,27H,8-11,14,24H2,1H3,(H,25,29)(H,26,30). The fourth-order valence-electron chi connectivity index (χ4n) is 3.98. The van der Waals surface area contributed by atoms with Crippen molar-refractivity contribution in [3.05, 3.63) is 59.8 Å². The Balaban J connectivity index is 1.41. The number of carbonyl (C=O) groups excluding carboxylic acids is 2. The number of carbonyl (C=O) groups is 2. The first kappa shape index (κ1) is 20.0. The molecule has 1 aromatic heterocycles. The first-order valence-corrected chi connectivity index (χ1v) is 10.3. The lowest BCUT2D eigenvalue weighted by Gasteiger charge is -2.34. The number of hydrogen-bond acceptors (Lipinski definition) is 4. The molecule has 0 aliphatic carbocycles. The van der Waals surface area contributed by atoms with Gasteiger partial charge < -0.3 is 26.3 Å². The van der Waals surface area contributed by atoms with Crippen molar-refractivity contribution >= 4 is 34.1 Å². The third-order valence-electron chi connectivity index (χ3n) is 5.62. The van der Waals surface area contributed by atoms with E-state index >= 15 is 0 Å². The molecule has 0 bridgehead atoms. The lowest BCUT2D eigenvalue weighted by molar-refractivity contribution is -0.120. The Morgan fingerprint density at radius 1 is 1.13 bits per heavy atom. The maximum absolute atomic E-state index is 12.8. The normalized spacial score (nSPS) is 14.7. The number of nitrogens with zero attached hydrogens (tertiary/aromatic N) is 1. The predicted octanol–water partition coefficient (Wildman–Crippen LogP) is 2.77. The Morgan fingerprint density at radius 2 is 1.90 bits per heavy atom. The van der Waals surface area contributed by atoms with Crippen LogP contribution in [0, 0.1) is 6.92 Å². The van der Waals surface area contributed by atoms with E-state index in [4.69, 9.17) is 5.73 Å². The van der Waals surface area contributed by atoms with Crippen molar-refractivity contribution in [2.45, 2.75) is 25.8 Å². The topological polar surface area (TPSA) is 103 Å². The molecule has 7 nitrogen and oxygen atoms in total. The van der Waals surface area contributed by atoms with Crippen molar-refractivity contribution in [3.8, 4) is 0 Å². The summed E-state index contributed by atoms with van der Waals surface area (Å²) in [7, 11) is 0. The summed E-state index contributed by atoms with van der Waals surface area (Å²) in [6.45, 7) is 3.73. The van der Waals surface area contributed by atoms with Gasteiger partial charge in [0, 0.05) is 41.4 Å². The quantitative estimate of drug-likeness (QED) is 0.524. The van der Waals surface area contributed by atoms with Crippen LogP contribution in [0.3, 0.4) is 0 Å². The number of aromatic nitrogens is 1. The van der Waals surface area contributed by atoms with Gasteiger partial charge in [0.2, 0.25) is 5.91 Å². The number of nitrogens with two attached hydrogens (primary N) is 1. The molecule has 0 atom stereocenters. The Bertz CT molecular complexity index is 1070. The van der Waals surface area contributed by atoms with Crippen LogP contribution < -0.4 is 21.3 Å². The number of aromatic amines is 1. The SMILES string of the molecule is Cc1cccc2cc(C(=O)Nc3cccc(N4CCC(NC(=O)CN)CC4)c3)[nH]c12. The van der Waals surface area contributed by atoms with Crippen molar-refractivity contribution in [1.29, 1.82) is 0 Å². The highest BCUT2D eigenvalue weighted by molar-refractivity contribution is 6.06. The van der Waals surface area contributed by atoms with E-state index in [9.17, 15) is 9.59 Å². The van der Waals surface area contributed by atoms with Crippen LogP contribution >= 0.6 is 0 Å². The summed E-state index contributed by atoms with van der Waals surface area (Å²) >= 11 is 0. The van der Waals surface area contributed by atoms with E-state index in [1.165, 1.54) is 0 Å². The van der Waals surface area contributed by atoms with E-state index in [-0.39, 0.29) is 24.4 Å². The second kappa shape index (κ2) is 8.59. The number of piperidine rings is 1. The number of para-hydroxylation sites is 1. The average molecular weight is 406 g/mol. The molecule has 3 aromatic rings. The largest absolute Gasteiger partial charge is 0.371 e. The number of aryl methyl sites for hydroxylation is 1. The smallest absolute Gasteiger partial charge is 0.272 e. The average Bonchev–Trinajstić information content (AvgIpc) is 3.20. The van der Waals surface area contributed by atoms with Gasteiger partial charge in [0.05, 0.1) is 6.54 Å². The van der Waals surface area contributed by atoms with Crippen LogP contribution in [-0.2, 0) is 4.79 Å². The van der Waals surface area contributed by atoms with Crippen molar-refractivity contribution in [2.75, 3.05) is 29.9 Å². The van der Waals surface area contributed by atoms with Crippen molar-refractivity contribution in [2.24, 2.45) is 5.73 Å². The fraction of sp³-hybridized carbons (Fsp3) is 0.304. The van der Waals surface area contributed by atoms with E-state index in [0.29, 0.717) is 5.69 Å². The zero-order valence-electron chi connectivity index (χ0n) is 17.1. The molecule has 156 valence electrons. The molecule has 30 heavy (non-hydrogen) atoms. The highest BCUT2D eigenvalue weighted by Crippen LogP contribution is 2.24. The van der Waals surface area contributed by atoms with Crippen molar-refractivity contribution in [3.63, 3.8) is 0 Å². The molecule has 0 saturated carbocycles. The molecular weight excluding hydrogens is 378 g/mol. The summed E-state index contributed by atoms with van der Waals surface area (Å²) in [6, 6.07) is 15.9. The summed E-state index contributed by atoms with van der Waals surface area (Å²) in [4.78, 5) is 29.7. The molecule has 2 aromatic carbocycles. The van der Waals surface area contributed by atoms with Crippen LogP contribution in [0.5, 0.6) is 0 Å². The lowest BCUT2D eigenvalue weighted by atomic mass is 10.0. The van der Waals surface area contributed by atoms with Crippen LogP contribution in [0.4, 0.5) is 11.4 Å². The molecule has 1 aliphatic rings. The number of rotatable bonds is 5. The summed E-state index contributed by atoms with van der Waals surface area (Å²) in [5.41, 5.74) is 9.83. The minimum atomic E-state index is -0.161. The van der Waals surface area contributed by atoms with Gasteiger partial charge in [0.25, 0.3) is 5.91 Å². The lowest BCUT2D eigenvalue weighted by Crippen LogP contribution is -2.46. The van der Waals surface area contributed by atoms with Gasteiger partial charge in [-0.1, -0.05) is 24.3 Å². The molecule has 4 rings (SSSR count). The Hall–Kier alpha value is -3.32. The van der Waals surface area contributed by atoms with Crippen molar-refractivity contribution < 1.29 is 9.59 Å². The van der Waals surface area contributed by atoms with Gasteiger partial charge in [-0.15, -0.1) is 0 Å². The van der Waals surface area contributed by atoms with Gasteiger partial charge in [-0.25, -0.2) is 0 Å². The molecular formula is C23H27N5O2. The monoisotopic (exact) mass is 405 g/mol. The highest BCUT2D eigenvalue weighted by atomic mass is 16.2. The van der Waals surface area contributed by atoms with Gasteiger partial charge in [-0.2, -0.15) is 0 Å². The minimum Gasteiger partial charge on any atom is -0.371 e. The second-order valence-corrected chi connectivity index (χ2v) is 7.76. The molecule has 7 heteroatoms. The number of hydrogen-bond donors (Lipinski definition) is 4. The van der Waals surface area contributed by atoms with Gasteiger partial charge in [0.1, 0.15) is 5.69 Å². The molecule has 0 spiro atoms. The van der Waals surface area contributed by atoms with Crippen LogP contribution in [-0.4, -0.2) is 42.5 Å². The fourth-order valence-corrected chi connectivity index (χ4v) is 3.98. The Morgan fingerprint density at radius 3 is 2.63 bits per heavy atom. The number of fused-ring (bicyclic) bond motifs is 1. The first-order valence-electron chi connectivity index (χ1n) is 10.3. The van der Waals surface area contributed by atoms with Crippen LogP contribution in [0.1, 0.15) is 28.9 Å². The number of amides is 2. The van der Waals surface area contributed by atoms with Gasteiger partial charge in [-0.05, 0) is 49.6 Å². The van der Waals surface area contributed by atoms with Crippen molar-refractivity contribution in [1.82, 2.24) is 10.3 Å². The molecule has 1 saturated heterocycles. The van der Waals surface area contributed by atoms with Gasteiger partial charge >= 0.3 is 0 Å². The molecule has 1 fully saturated rings. The first-order chi connectivity index (χ1) is 14.5. The second-order valence-electron chi connectivity index (χ2n) is 7.76. The summed E-state index contributed by atoms with van der Waals surface area (Å²) in [6.07, 6.45) is 1.74. The highest BCUT2D eigenvalue weighted by Gasteiger charge is 2.21. The van der Waals surface area contributed by atoms with E-state index in [1.54, 1.807) is 0 Å². The molecule has 0 unspecified atom stereocenters. The molecule has 0 radical (unpaired) electrons. The number of benzene rings is 2. The maximum Gasteiger partial charge on any atom is 0.272 e. The van der Waals surface area contributed by atoms with E-state index < -0.39 is 0 Å². The molecule has 2 amide bonds. The van der Waals surface area contributed by atoms with Crippen LogP contribution in [0.2, 0.25) is 0 Å². The molecule has 5 N–H and O–H groups in total. The van der Waals surface area contributed by atoms with Crippen LogP contribution in [0.25, 0.3) is 10.9 Å². The van der Waals surface area contributed by atoms with Gasteiger partial charge in [0.15, 0.2) is 0 Å². The zero-order chi connectivity index (χ0) is 21.1. The summed E-state index contributed by atoms with van der Waals surface area (Å²) in [5, 5.41) is 6.98. The third-order valence-corrected chi connectivity index (χ3v) is 5.62. The zero-order valence-corrected chi connectivity index (χ0v) is 17.1. The van der Waals surface area contributed by atoms with Gasteiger partial charge in [-0.3, -0.25) is 9.59 Å². The number of nitrogens with one attached hydrogen (secondary N) is 3. The molecule has 2 heterocycles. The predicted molar refractivity (Wildman–Crippen MR) is 120 cm³/mol. The summed E-state index contributed by atoms with van der Waals surface area (Å²) < 4.78 is 0. The molecule has 1 aliphatic heterocycles. The van der Waals surface area contributed by atoms with E-state index in [0.717, 1.165) is 53.8 Å². The number of H-pyrrole nitrogens is 1. The van der Waals surface area contributed by atoms with E-state index in [2.05, 4.69) is 20.5 Å². The Kier molecular flexibility index (Phi) is 5.72. The summed E-state index contributed by atoms with van der Waals surface area (Å²) in [5.74, 6) is -0.267. The van der Waals surface area contributed by atoms with E-state index in [1.807, 2.05) is 55.5 Å². The number of anilines is 2. The maximum atomic E-state index is 12.8. The Labute approximate surface area is 175 Å².